The Kier molecular flexibility index (Phi) is 4.89. The Hall–Kier alpha value is -1.54. The maximum atomic E-state index is 11.6. The van der Waals surface area contributed by atoms with E-state index in [2.05, 4.69) is 15.9 Å². The monoisotopic (exact) mass is 383 g/mol. The van der Waals surface area contributed by atoms with Gasteiger partial charge in [-0.3, -0.25) is 4.79 Å². The van der Waals surface area contributed by atoms with Crippen LogP contribution in [0.15, 0.2) is 34.8 Å². The highest BCUT2D eigenvalue weighted by molar-refractivity contribution is 9.10. The molecule has 0 amide bonds. The summed E-state index contributed by atoms with van der Waals surface area (Å²) in [5.74, 6) is 0.401. The first kappa shape index (κ1) is 15.8. The summed E-state index contributed by atoms with van der Waals surface area (Å²) in [6.07, 6.45) is 0. The van der Waals surface area contributed by atoms with Crippen LogP contribution < -0.4 is 4.74 Å². The van der Waals surface area contributed by atoms with E-state index in [4.69, 9.17) is 33.2 Å². The smallest absolute Gasteiger partial charge is 0.163 e. The van der Waals surface area contributed by atoms with Crippen molar-refractivity contribution in [1.82, 2.24) is 0 Å². The third-order valence-corrected chi connectivity index (χ3v) is 4.18. The van der Waals surface area contributed by atoms with Crippen LogP contribution in [0.2, 0.25) is 10.0 Å². The van der Waals surface area contributed by atoms with Crippen molar-refractivity contribution in [1.29, 1.82) is 5.26 Å². The maximum absolute atomic E-state index is 11.6. The minimum Gasteiger partial charge on any atom is -0.455 e. The molecule has 2 aromatic carbocycles. The summed E-state index contributed by atoms with van der Waals surface area (Å²) >= 11 is 15.4. The van der Waals surface area contributed by atoms with Gasteiger partial charge < -0.3 is 4.74 Å². The molecule has 106 valence electrons. The maximum Gasteiger partial charge on any atom is 0.163 e. The summed E-state index contributed by atoms with van der Waals surface area (Å²) in [5.41, 5.74) is 0.749. The molecule has 0 heterocycles. The zero-order valence-corrected chi connectivity index (χ0v) is 13.9. The predicted octanol–water partition coefficient (Wildman–Crippen LogP) is 5.62. The molecule has 2 aromatic rings. The van der Waals surface area contributed by atoms with Gasteiger partial charge in [0.15, 0.2) is 5.78 Å². The third-order valence-electron chi connectivity index (χ3n) is 2.68. The molecule has 0 saturated heterocycles. The third kappa shape index (κ3) is 3.56. The van der Waals surface area contributed by atoms with Gasteiger partial charge in [-0.15, -0.1) is 0 Å². The lowest BCUT2D eigenvalue weighted by Crippen LogP contribution is -1.98. The molecular formula is C15H8BrCl2NO2. The van der Waals surface area contributed by atoms with Gasteiger partial charge in [0.05, 0.1) is 27.2 Å². The molecule has 2 rings (SSSR count). The molecule has 0 bridgehead atoms. The lowest BCUT2D eigenvalue weighted by molar-refractivity contribution is 0.101. The van der Waals surface area contributed by atoms with E-state index in [0.717, 1.165) is 0 Å². The number of rotatable bonds is 3. The molecule has 0 radical (unpaired) electrons. The molecular weight excluding hydrogens is 377 g/mol. The number of ketones is 1. The van der Waals surface area contributed by atoms with Crippen molar-refractivity contribution in [3.05, 3.63) is 56.0 Å². The number of hydrogen-bond acceptors (Lipinski definition) is 3. The van der Waals surface area contributed by atoms with Gasteiger partial charge in [-0.25, -0.2) is 0 Å². The van der Waals surface area contributed by atoms with Gasteiger partial charge >= 0.3 is 0 Å². The van der Waals surface area contributed by atoms with Crippen LogP contribution in [0.3, 0.4) is 0 Å². The van der Waals surface area contributed by atoms with Gasteiger partial charge in [-0.05, 0) is 47.1 Å². The first-order valence-electron chi connectivity index (χ1n) is 5.80. The largest absolute Gasteiger partial charge is 0.455 e. The normalized spacial score (nSPS) is 10.0. The fraction of sp³-hybridized carbons (Fsp3) is 0.0667. The van der Waals surface area contributed by atoms with Gasteiger partial charge in [0.2, 0.25) is 0 Å². The van der Waals surface area contributed by atoms with E-state index < -0.39 is 0 Å². The zero-order chi connectivity index (χ0) is 15.6. The van der Waals surface area contributed by atoms with E-state index in [-0.39, 0.29) is 11.5 Å². The minimum absolute atomic E-state index is 0.172. The summed E-state index contributed by atoms with van der Waals surface area (Å²) in [7, 11) is 0. The van der Waals surface area contributed by atoms with Crippen LogP contribution in [0.4, 0.5) is 0 Å². The Morgan fingerprint density at radius 3 is 2.52 bits per heavy atom. The number of nitriles is 1. The molecule has 0 aliphatic heterocycles. The predicted molar refractivity (Wildman–Crippen MR) is 85.4 cm³/mol. The Balaban J connectivity index is 2.50. The molecule has 0 aliphatic carbocycles. The van der Waals surface area contributed by atoms with Crippen LogP contribution in [0.25, 0.3) is 0 Å². The van der Waals surface area contributed by atoms with Crippen LogP contribution in [0.5, 0.6) is 11.5 Å². The number of halogens is 3. The Bertz CT molecular complexity index is 769. The van der Waals surface area contributed by atoms with E-state index in [1.165, 1.54) is 19.1 Å². The van der Waals surface area contributed by atoms with Crippen molar-refractivity contribution < 1.29 is 9.53 Å². The Labute approximate surface area is 140 Å². The van der Waals surface area contributed by atoms with E-state index in [1.807, 2.05) is 6.07 Å². The summed E-state index contributed by atoms with van der Waals surface area (Å²) < 4.78 is 6.31. The van der Waals surface area contributed by atoms with Gasteiger partial charge in [-0.1, -0.05) is 23.2 Å². The fourth-order valence-corrected chi connectivity index (χ4v) is 2.50. The molecule has 0 spiro atoms. The second-order valence-corrected chi connectivity index (χ2v) is 5.85. The molecule has 21 heavy (non-hydrogen) atoms. The van der Waals surface area contributed by atoms with Crippen LogP contribution >= 0.6 is 39.1 Å². The van der Waals surface area contributed by atoms with Crippen molar-refractivity contribution in [2.24, 2.45) is 0 Å². The lowest BCUT2D eigenvalue weighted by atomic mass is 10.1. The van der Waals surface area contributed by atoms with Crippen molar-refractivity contribution >= 4 is 44.9 Å². The van der Waals surface area contributed by atoms with Crippen LogP contribution in [-0.4, -0.2) is 5.78 Å². The average molecular weight is 385 g/mol. The number of nitrogens with zero attached hydrogens (tertiary/aromatic N) is 1. The molecule has 0 aliphatic rings. The Morgan fingerprint density at radius 2 is 1.90 bits per heavy atom. The highest BCUT2D eigenvalue weighted by Crippen LogP contribution is 2.37. The van der Waals surface area contributed by atoms with Gasteiger partial charge in [0.1, 0.15) is 11.5 Å². The summed E-state index contributed by atoms with van der Waals surface area (Å²) in [6.45, 7) is 1.42. The molecule has 6 heteroatoms. The van der Waals surface area contributed by atoms with Gasteiger partial charge in [-0.2, -0.15) is 5.26 Å². The molecule has 0 saturated carbocycles. The molecule has 0 fully saturated rings. The standard InChI is InChI=1S/C15H8BrCl2NO2/c1-8(20)10-3-2-9(7-19)4-14(10)21-15-6-12(17)11(16)5-13(15)18/h2-6H,1H3. The highest BCUT2D eigenvalue weighted by atomic mass is 79.9. The van der Waals surface area contributed by atoms with E-state index in [1.54, 1.807) is 18.2 Å². The minimum atomic E-state index is -0.172. The first-order chi connectivity index (χ1) is 9.92. The van der Waals surface area contributed by atoms with E-state index in [9.17, 15) is 4.79 Å². The number of Topliss-reactive ketones (excluding diaryl/α,β-unsaturated/α-hetero) is 1. The lowest BCUT2D eigenvalue weighted by Gasteiger charge is -2.12. The number of benzene rings is 2. The second-order valence-electron chi connectivity index (χ2n) is 4.18. The molecule has 0 N–H and O–H groups in total. The van der Waals surface area contributed by atoms with E-state index >= 15 is 0 Å². The Morgan fingerprint density at radius 1 is 1.19 bits per heavy atom. The van der Waals surface area contributed by atoms with Crippen molar-refractivity contribution in [3.8, 4) is 17.6 Å². The number of ether oxygens (including phenoxy) is 1. The van der Waals surface area contributed by atoms with Crippen LogP contribution in [0.1, 0.15) is 22.8 Å². The number of hydrogen-bond donors (Lipinski definition) is 0. The molecule has 0 atom stereocenters. The number of carbonyl (C=O) groups excluding carboxylic acids is 1. The highest BCUT2D eigenvalue weighted by Gasteiger charge is 2.14. The number of carbonyl (C=O) groups is 1. The second kappa shape index (κ2) is 6.48. The SMILES string of the molecule is CC(=O)c1ccc(C#N)cc1Oc1cc(Cl)c(Br)cc1Cl. The van der Waals surface area contributed by atoms with Gasteiger partial charge in [0, 0.05) is 10.5 Å². The van der Waals surface area contributed by atoms with Crippen LogP contribution in [0, 0.1) is 11.3 Å². The van der Waals surface area contributed by atoms with Crippen molar-refractivity contribution in [2.75, 3.05) is 0 Å². The van der Waals surface area contributed by atoms with Gasteiger partial charge in [0.25, 0.3) is 0 Å². The first-order valence-corrected chi connectivity index (χ1v) is 7.34. The molecule has 0 aromatic heterocycles. The molecule has 3 nitrogen and oxygen atoms in total. The van der Waals surface area contributed by atoms with Crippen LogP contribution in [-0.2, 0) is 0 Å². The quantitative estimate of drug-likeness (QED) is 0.509. The van der Waals surface area contributed by atoms with E-state index in [0.29, 0.717) is 31.4 Å². The molecule has 0 unspecified atom stereocenters. The van der Waals surface area contributed by atoms with Crippen molar-refractivity contribution in [2.45, 2.75) is 6.92 Å². The summed E-state index contributed by atoms with van der Waals surface area (Å²) in [5, 5.41) is 9.71. The topological polar surface area (TPSA) is 50.1 Å². The summed E-state index contributed by atoms with van der Waals surface area (Å²) in [6, 6.07) is 9.72. The van der Waals surface area contributed by atoms with Crippen molar-refractivity contribution in [3.63, 3.8) is 0 Å². The zero-order valence-electron chi connectivity index (χ0n) is 10.8. The summed E-state index contributed by atoms with van der Waals surface area (Å²) in [4.78, 5) is 11.6. The fourth-order valence-electron chi connectivity index (χ4n) is 1.67. The average Bonchev–Trinajstić information content (AvgIpc) is 2.44.